The molecule has 0 aliphatic carbocycles. The highest BCUT2D eigenvalue weighted by Gasteiger charge is 2.14. The largest absolute Gasteiger partial charge is 0.309 e. The lowest BCUT2D eigenvalue weighted by Crippen LogP contribution is -2.06. The van der Waals surface area contributed by atoms with Crippen molar-refractivity contribution < 1.29 is 9.18 Å². The average Bonchev–Trinajstić information content (AvgIpc) is 2.89. The molecule has 1 aliphatic heterocycles. The number of halogens is 1. The Bertz CT molecular complexity index is 679. The predicted molar refractivity (Wildman–Crippen MR) is 76.2 cm³/mol. The van der Waals surface area contributed by atoms with Crippen LogP contribution in [-0.4, -0.2) is 5.78 Å². The van der Waals surface area contributed by atoms with Gasteiger partial charge in [0.15, 0.2) is 5.78 Å². The fourth-order valence-electron chi connectivity index (χ4n) is 2.60. The van der Waals surface area contributed by atoms with Crippen molar-refractivity contribution in [1.82, 2.24) is 5.32 Å². The Labute approximate surface area is 117 Å². The molecule has 0 saturated heterocycles. The van der Waals surface area contributed by atoms with Crippen molar-refractivity contribution in [2.45, 2.75) is 26.4 Å². The molecule has 0 fully saturated rings. The summed E-state index contributed by atoms with van der Waals surface area (Å²) in [6.07, 6.45) is 0.318. The first kappa shape index (κ1) is 13.0. The van der Waals surface area contributed by atoms with Gasteiger partial charge < -0.3 is 5.32 Å². The summed E-state index contributed by atoms with van der Waals surface area (Å²) >= 11 is 0. The van der Waals surface area contributed by atoms with Crippen molar-refractivity contribution in [3.05, 3.63) is 70.0 Å². The van der Waals surface area contributed by atoms with Gasteiger partial charge in [0.2, 0.25) is 0 Å². The van der Waals surface area contributed by atoms with Gasteiger partial charge in [0.05, 0.1) is 0 Å². The van der Waals surface area contributed by atoms with E-state index in [0.29, 0.717) is 6.42 Å². The second-order valence-electron chi connectivity index (χ2n) is 5.26. The monoisotopic (exact) mass is 269 g/mol. The van der Waals surface area contributed by atoms with E-state index in [-0.39, 0.29) is 11.6 Å². The smallest absolute Gasteiger partial charge is 0.167 e. The van der Waals surface area contributed by atoms with Crippen LogP contribution in [0.3, 0.4) is 0 Å². The van der Waals surface area contributed by atoms with Gasteiger partial charge in [-0.1, -0.05) is 18.2 Å². The van der Waals surface area contributed by atoms with Crippen molar-refractivity contribution in [3.8, 4) is 0 Å². The summed E-state index contributed by atoms with van der Waals surface area (Å²) in [5, 5.41) is 3.27. The first-order chi connectivity index (χ1) is 9.63. The molecule has 102 valence electrons. The van der Waals surface area contributed by atoms with Crippen LogP contribution in [0, 0.1) is 12.7 Å². The summed E-state index contributed by atoms with van der Waals surface area (Å²) in [5.74, 6) is -0.184. The lowest BCUT2D eigenvalue weighted by Gasteiger charge is -2.07. The molecule has 3 heteroatoms. The average molecular weight is 269 g/mol. The van der Waals surface area contributed by atoms with E-state index in [9.17, 15) is 9.18 Å². The summed E-state index contributed by atoms with van der Waals surface area (Å²) in [5.41, 5.74) is 4.90. The lowest BCUT2D eigenvalue weighted by molar-refractivity contribution is 0.0992. The Kier molecular flexibility index (Phi) is 3.36. The number of hydrogen-bond acceptors (Lipinski definition) is 2. The van der Waals surface area contributed by atoms with Gasteiger partial charge in [-0.15, -0.1) is 0 Å². The van der Waals surface area contributed by atoms with Crippen LogP contribution in [0.5, 0.6) is 0 Å². The molecule has 2 aromatic carbocycles. The van der Waals surface area contributed by atoms with E-state index in [0.717, 1.165) is 29.8 Å². The van der Waals surface area contributed by atoms with Crippen molar-refractivity contribution in [2.75, 3.05) is 0 Å². The number of Topliss-reactive ketones (excluding diaryl/α,β-unsaturated/α-hetero) is 1. The molecular formula is C17H16FNO. The van der Waals surface area contributed by atoms with Crippen LogP contribution in [0.1, 0.15) is 32.6 Å². The molecule has 0 aromatic heterocycles. The zero-order valence-electron chi connectivity index (χ0n) is 11.4. The number of fused-ring (bicyclic) bond motifs is 1. The number of benzene rings is 2. The molecule has 0 atom stereocenters. The molecule has 0 spiro atoms. The fraction of sp³-hybridized carbons (Fsp3) is 0.235. The maximum absolute atomic E-state index is 13.1. The molecule has 2 aromatic rings. The van der Waals surface area contributed by atoms with Crippen LogP contribution in [0.2, 0.25) is 0 Å². The minimum absolute atomic E-state index is 0.0782. The Morgan fingerprint density at radius 2 is 1.95 bits per heavy atom. The van der Waals surface area contributed by atoms with Crippen LogP contribution in [0.25, 0.3) is 0 Å². The number of hydrogen-bond donors (Lipinski definition) is 1. The predicted octanol–water partition coefficient (Wildman–Crippen LogP) is 3.16. The summed E-state index contributed by atoms with van der Waals surface area (Å²) in [6, 6.07) is 10.4. The highest BCUT2D eigenvalue weighted by molar-refractivity contribution is 5.97. The molecule has 2 nitrogen and oxygen atoms in total. The highest BCUT2D eigenvalue weighted by atomic mass is 19.1. The molecular weight excluding hydrogens is 253 g/mol. The van der Waals surface area contributed by atoms with Crippen molar-refractivity contribution in [1.29, 1.82) is 0 Å². The van der Waals surface area contributed by atoms with Gasteiger partial charge in [-0.25, -0.2) is 4.39 Å². The molecule has 0 radical (unpaired) electrons. The van der Waals surface area contributed by atoms with Crippen LogP contribution in [-0.2, 0) is 19.5 Å². The van der Waals surface area contributed by atoms with E-state index < -0.39 is 0 Å². The van der Waals surface area contributed by atoms with Crippen LogP contribution < -0.4 is 5.32 Å². The van der Waals surface area contributed by atoms with Crippen LogP contribution >= 0.6 is 0 Å². The Morgan fingerprint density at radius 3 is 2.75 bits per heavy atom. The molecule has 1 aliphatic rings. The van der Waals surface area contributed by atoms with E-state index in [1.807, 2.05) is 25.1 Å². The Balaban J connectivity index is 1.82. The molecule has 0 bridgehead atoms. The number of rotatable bonds is 3. The maximum Gasteiger partial charge on any atom is 0.167 e. The van der Waals surface area contributed by atoms with E-state index in [1.165, 1.54) is 23.3 Å². The Morgan fingerprint density at radius 1 is 1.15 bits per heavy atom. The minimum Gasteiger partial charge on any atom is -0.309 e. The van der Waals surface area contributed by atoms with Crippen molar-refractivity contribution in [2.24, 2.45) is 0 Å². The van der Waals surface area contributed by atoms with Gasteiger partial charge in [-0.05, 0) is 47.4 Å². The van der Waals surface area contributed by atoms with E-state index >= 15 is 0 Å². The van der Waals surface area contributed by atoms with Gasteiger partial charge in [0, 0.05) is 25.1 Å². The SMILES string of the molecule is Cc1cc(F)ccc1CC(=O)c1ccc2c(c1)CNC2. The zero-order chi connectivity index (χ0) is 14.1. The normalized spacial score (nSPS) is 13.3. The lowest BCUT2D eigenvalue weighted by atomic mass is 9.97. The van der Waals surface area contributed by atoms with E-state index in [2.05, 4.69) is 5.32 Å². The molecule has 0 unspecified atom stereocenters. The Hall–Kier alpha value is -2.00. The zero-order valence-corrected chi connectivity index (χ0v) is 11.4. The molecule has 1 heterocycles. The van der Waals surface area contributed by atoms with Crippen molar-refractivity contribution in [3.63, 3.8) is 0 Å². The first-order valence-corrected chi connectivity index (χ1v) is 6.74. The van der Waals surface area contributed by atoms with E-state index in [1.54, 1.807) is 6.07 Å². The second-order valence-corrected chi connectivity index (χ2v) is 5.26. The van der Waals surface area contributed by atoms with Crippen LogP contribution in [0.4, 0.5) is 4.39 Å². The minimum atomic E-state index is -0.262. The van der Waals surface area contributed by atoms with Gasteiger partial charge >= 0.3 is 0 Å². The second kappa shape index (κ2) is 5.17. The molecule has 0 saturated carbocycles. The van der Waals surface area contributed by atoms with Gasteiger partial charge in [-0.2, -0.15) is 0 Å². The van der Waals surface area contributed by atoms with Gasteiger partial charge in [-0.3, -0.25) is 4.79 Å². The third-order valence-corrected chi connectivity index (χ3v) is 3.81. The molecule has 0 amide bonds. The molecule has 3 rings (SSSR count). The first-order valence-electron chi connectivity index (χ1n) is 6.74. The number of carbonyl (C=O) groups is 1. The third kappa shape index (κ3) is 2.49. The highest BCUT2D eigenvalue weighted by Crippen LogP contribution is 2.19. The number of carbonyl (C=O) groups excluding carboxylic acids is 1. The third-order valence-electron chi connectivity index (χ3n) is 3.81. The number of nitrogens with one attached hydrogen (secondary N) is 1. The summed E-state index contributed by atoms with van der Waals surface area (Å²) in [4.78, 5) is 12.3. The fourth-order valence-corrected chi connectivity index (χ4v) is 2.60. The van der Waals surface area contributed by atoms with Gasteiger partial charge in [0.1, 0.15) is 5.82 Å². The molecule has 20 heavy (non-hydrogen) atoms. The summed E-state index contributed by atoms with van der Waals surface area (Å²) in [6.45, 7) is 3.53. The standard InChI is InChI=1S/C17H16FNO/c1-11-6-16(18)5-4-12(11)8-17(20)13-2-3-14-9-19-10-15(14)7-13/h2-7,19H,8-10H2,1H3. The van der Waals surface area contributed by atoms with Crippen molar-refractivity contribution >= 4 is 5.78 Å². The van der Waals surface area contributed by atoms with Gasteiger partial charge in [0.25, 0.3) is 0 Å². The molecule has 1 N–H and O–H groups in total. The number of ketones is 1. The quantitative estimate of drug-likeness (QED) is 0.867. The topological polar surface area (TPSA) is 29.1 Å². The van der Waals surface area contributed by atoms with Crippen LogP contribution in [0.15, 0.2) is 36.4 Å². The summed E-state index contributed by atoms with van der Waals surface area (Å²) in [7, 11) is 0. The maximum atomic E-state index is 13.1. The summed E-state index contributed by atoms with van der Waals surface area (Å²) < 4.78 is 13.1. The number of aryl methyl sites for hydroxylation is 1. The van der Waals surface area contributed by atoms with E-state index in [4.69, 9.17) is 0 Å².